The van der Waals surface area contributed by atoms with E-state index in [0.717, 1.165) is 49.8 Å². The van der Waals surface area contributed by atoms with Gasteiger partial charge in [0.05, 0.1) is 0 Å². The van der Waals surface area contributed by atoms with E-state index in [9.17, 15) is 9.36 Å². The number of rotatable bonds is 5. The number of esters is 1. The van der Waals surface area contributed by atoms with Gasteiger partial charge in [-0.25, -0.2) is 0 Å². The minimum absolute atomic E-state index is 0.0591. The molecule has 1 N–H and O–H groups in total. The lowest BCUT2D eigenvalue weighted by atomic mass is 9.55. The normalized spacial score (nSPS) is 33.9. The van der Waals surface area contributed by atoms with Gasteiger partial charge in [0.1, 0.15) is 11.9 Å². The molecule has 1 aromatic carbocycles. The third-order valence-corrected chi connectivity index (χ3v) is 8.00. The van der Waals surface area contributed by atoms with Crippen molar-refractivity contribution < 1.29 is 28.3 Å². The highest BCUT2D eigenvalue weighted by Gasteiger charge is 2.56. The molecule has 2 fully saturated rings. The van der Waals surface area contributed by atoms with Crippen LogP contribution in [0.4, 0.5) is 0 Å². The SMILES string of the molecule is CC(=O)O[C@H]1CCC2[C@@H]3CCc4cc(OCO[PH](=O)O)c(C)cc4C3CC[C@@]21C. The lowest BCUT2D eigenvalue weighted by Crippen LogP contribution is -2.45. The Morgan fingerprint density at radius 3 is 2.79 bits per heavy atom. The van der Waals surface area contributed by atoms with Crippen LogP contribution in [0.3, 0.4) is 0 Å². The van der Waals surface area contributed by atoms with Crippen LogP contribution in [0.5, 0.6) is 5.75 Å². The second-order valence-electron chi connectivity index (χ2n) is 9.12. The summed E-state index contributed by atoms with van der Waals surface area (Å²) in [6.45, 7) is 5.66. The van der Waals surface area contributed by atoms with Gasteiger partial charge in [-0.3, -0.25) is 13.9 Å². The third kappa shape index (κ3) is 3.87. The van der Waals surface area contributed by atoms with Crippen molar-refractivity contribution in [3.05, 3.63) is 28.8 Å². The second kappa shape index (κ2) is 8.05. The van der Waals surface area contributed by atoms with Crippen LogP contribution in [0.2, 0.25) is 0 Å². The number of hydrogen-bond acceptors (Lipinski definition) is 5. The molecule has 160 valence electrons. The summed E-state index contributed by atoms with van der Waals surface area (Å²) in [7, 11) is -2.98. The molecule has 0 radical (unpaired) electrons. The van der Waals surface area contributed by atoms with Gasteiger partial charge < -0.3 is 14.4 Å². The maximum absolute atomic E-state index is 11.6. The van der Waals surface area contributed by atoms with Gasteiger partial charge in [0, 0.05) is 12.3 Å². The van der Waals surface area contributed by atoms with Crippen molar-refractivity contribution in [3.63, 3.8) is 0 Å². The molecule has 0 amide bonds. The molecule has 0 aromatic heterocycles. The molecule has 7 heteroatoms. The average Bonchev–Trinajstić information content (AvgIpc) is 2.98. The van der Waals surface area contributed by atoms with Crippen molar-refractivity contribution in [2.75, 3.05) is 6.79 Å². The van der Waals surface area contributed by atoms with Crippen molar-refractivity contribution in [2.45, 2.75) is 71.3 Å². The Labute approximate surface area is 172 Å². The molecule has 2 saturated carbocycles. The fourth-order valence-electron chi connectivity index (χ4n) is 6.36. The van der Waals surface area contributed by atoms with Crippen LogP contribution in [0, 0.1) is 24.2 Å². The van der Waals surface area contributed by atoms with Crippen LogP contribution >= 0.6 is 8.25 Å². The van der Waals surface area contributed by atoms with Gasteiger partial charge in [0.15, 0.2) is 6.79 Å². The van der Waals surface area contributed by atoms with Crippen molar-refractivity contribution in [2.24, 2.45) is 17.3 Å². The molecule has 0 bridgehead atoms. The summed E-state index contributed by atoms with van der Waals surface area (Å²) in [4.78, 5) is 20.4. The Bertz CT molecular complexity index is 824. The summed E-state index contributed by atoms with van der Waals surface area (Å²) in [5, 5.41) is 0. The molecular formula is C22H31O6P. The van der Waals surface area contributed by atoms with Crippen LogP contribution < -0.4 is 4.74 Å². The third-order valence-electron chi connectivity index (χ3n) is 7.64. The Morgan fingerprint density at radius 2 is 2.07 bits per heavy atom. The minimum atomic E-state index is -2.98. The van der Waals surface area contributed by atoms with E-state index in [1.807, 2.05) is 6.92 Å². The topological polar surface area (TPSA) is 82.1 Å². The summed E-state index contributed by atoms with van der Waals surface area (Å²) >= 11 is 0. The lowest BCUT2D eigenvalue weighted by Gasteiger charge is -2.50. The number of carbonyl (C=O) groups excluding carboxylic acids is 1. The standard InChI is InChI=1S/C22H31O6P/c1-13-10-18-15(11-20(13)26-12-27-29(24)25)4-5-17-16(18)8-9-22(3)19(17)6-7-21(22)28-14(2)23/h10-11,16-17,19,21,29H,4-9,12H2,1-3H3,(H,24,25)/t16?,17-,19?,21+,22+/m1/s1. The number of hydrogen-bond donors (Lipinski definition) is 1. The summed E-state index contributed by atoms with van der Waals surface area (Å²) in [5.74, 6) is 2.35. The number of aryl methyl sites for hydroxylation is 2. The number of benzene rings is 1. The summed E-state index contributed by atoms with van der Waals surface area (Å²) in [6.07, 6.45) is 6.55. The summed E-state index contributed by atoms with van der Waals surface area (Å²) in [6, 6.07) is 4.33. The monoisotopic (exact) mass is 422 g/mol. The Morgan fingerprint density at radius 1 is 1.28 bits per heavy atom. The molecule has 3 aliphatic rings. The molecule has 1 aromatic rings. The Balaban J connectivity index is 1.54. The van der Waals surface area contributed by atoms with Crippen LogP contribution in [-0.2, 0) is 25.0 Å². The quantitative estimate of drug-likeness (QED) is 0.427. The molecule has 0 heterocycles. The van der Waals surface area contributed by atoms with Crippen LogP contribution in [-0.4, -0.2) is 23.8 Å². The fraction of sp³-hybridized carbons (Fsp3) is 0.682. The maximum atomic E-state index is 11.6. The molecule has 3 aliphatic carbocycles. The molecule has 6 atom stereocenters. The predicted molar refractivity (Wildman–Crippen MR) is 109 cm³/mol. The van der Waals surface area contributed by atoms with E-state index in [1.54, 1.807) is 0 Å². The van der Waals surface area contributed by atoms with Crippen LogP contribution in [0.15, 0.2) is 12.1 Å². The Hall–Kier alpha value is -1.36. The highest BCUT2D eigenvalue weighted by atomic mass is 31.1. The van der Waals surface area contributed by atoms with Gasteiger partial charge in [0.25, 0.3) is 0 Å². The van der Waals surface area contributed by atoms with E-state index < -0.39 is 8.25 Å². The molecule has 29 heavy (non-hydrogen) atoms. The highest BCUT2D eigenvalue weighted by molar-refractivity contribution is 7.32. The van der Waals surface area contributed by atoms with Gasteiger partial charge in [-0.15, -0.1) is 0 Å². The molecule has 4 rings (SSSR count). The van der Waals surface area contributed by atoms with Crippen molar-refractivity contribution in [1.82, 2.24) is 0 Å². The summed E-state index contributed by atoms with van der Waals surface area (Å²) in [5.41, 5.74) is 3.88. The number of fused-ring (bicyclic) bond motifs is 5. The van der Waals surface area contributed by atoms with E-state index in [1.165, 1.54) is 18.1 Å². The molecule has 0 saturated heterocycles. The number of ether oxygens (including phenoxy) is 2. The summed E-state index contributed by atoms with van der Waals surface area (Å²) < 4.78 is 26.7. The van der Waals surface area contributed by atoms with Crippen molar-refractivity contribution >= 4 is 14.2 Å². The zero-order valence-corrected chi connectivity index (χ0v) is 18.4. The van der Waals surface area contributed by atoms with Crippen LogP contribution in [0.25, 0.3) is 0 Å². The first kappa shape index (κ1) is 20.9. The largest absolute Gasteiger partial charge is 0.467 e. The first-order valence-corrected chi connectivity index (χ1v) is 11.8. The van der Waals surface area contributed by atoms with Gasteiger partial charge in [0.2, 0.25) is 0 Å². The average molecular weight is 422 g/mol. The van der Waals surface area contributed by atoms with Crippen LogP contribution in [0.1, 0.15) is 68.6 Å². The van der Waals surface area contributed by atoms with E-state index in [4.69, 9.17) is 14.4 Å². The Kier molecular flexibility index (Phi) is 5.80. The van der Waals surface area contributed by atoms with Crippen molar-refractivity contribution in [3.8, 4) is 5.75 Å². The first-order valence-electron chi connectivity index (χ1n) is 10.6. The second-order valence-corrected chi connectivity index (χ2v) is 9.94. The van der Waals surface area contributed by atoms with Gasteiger partial charge >= 0.3 is 14.2 Å². The number of carbonyl (C=O) groups is 1. The molecule has 0 spiro atoms. The smallest absolute Gasteiger partial charge is 0.319 e. The van der Waals surface area contributed by atoms with E-state index >= 15 is 0 Å². The zero-order valence-electron chi connectivity index (χ0n) is 17.4. The lowest BCUT2D eigenvalue weighted by molar-refractivity contribution is -0.154. The molecule has 3 unspecified atom stereocenters. The minimum Gasteiger partial charge on any atom is -0.467 e. The van der Waals surface area contributed by atoms with E-state index in [2.05, 4.69) is 23.6 Å². The van der Waals surface area contributed by atoms with Gasteiger partial charge in [-0.1, -0.05) is 13.0 Å². The van der Waals surface area contributed by atoms with Gasteiger partial charge in [-0.05, 0) is 86.0 Å². The molecule has 6 nitrogen and oxygen atoms in total. The highest BCUT2D eigenvalue weighted by Crippen LogP contribution is 2.61. The molecule has 0 aliphatic heterocycles. The van der Waals surface area contributed by atoms with E-state index in [-0.39, 0.29) is 24.3 Å². The molecular weight excluding hydrogens is 391 g/mol. The predicted octanol–water partition coefficient (Wildman–Crippen LogP) is 4.52. The van der Waals surface area contributed by atoms with E-state index in [0.29, 0.717) is 17.8 Å². The maximum Gasteiger partial charge on any atom is 0.319 e. The van der Waals surface area contributed by atoms with Crippen molar-refractivity contribution in [1.29, 1.82) is 0 Å². The fourth-order valence-corrected chi connectivity index (χ4v) is 6.52. The zero-order chi connectivity index (χ0) is 20.8. The van der Waals surface area contributed by atoms with Gasteiger partial charge in [-0.2, -0.15) is 0 Å². The first-order chi connectivity index (χ1) is 13.8.